The number of rotatable bonds is 5. The lowest BCUT2D eigenvalue weighted by molar-refractivity contribution is -0.140. The minimum atomic E-state index is -0.0770. The molecular formula is C45H26O2. The number of hydrogen-bond donors (Lipinski definition) is 0. The molecule has 0 spiro atoms. The first-order valence-electron chi connectivity index (χ1n) is 18.0. The maximum Gasteiger partial charge on any atom is 0.305 e. The number of methoxy groups -OCH3 is 1. The van der Waals surface area contributed by atoms with Crippen LogP contribution in [0.1, 0.15) is 93.7 Å². The Hall–Kier alpha value is -4.69. The minimum Gasteiger partial charge on any atom is -0.469 e. The molecule has 4 atom stereocenters. The molecule has 16 rings (SSSR count). The Morgan fingerprint density at radius 1 is 0.660 bits per heavy atom. The number of ether oxygens (including phenoxy) is 1. The molecule has 0 saturated carbocycles. The van der Waals surface area contributed by atoms with Crippen LogP contribution in [0.25, 0.3) is 86.9 Å². The summed E-state index contributed by atoms with van der Waals surface area (Å²) in [5, 5.41) is 19.4. The molecule has 0 fully saturated rings. The van der Waals surface area contributed by atoms with Gasteiger partial charge in [-0.05, 0) is 175 Å². The van der Waals surface area contributed by atoms with Crippen LogP contribution in [0.5, 0.6) is 0 Å². The van der Waals surface area contributed by atoms with Crippen molar-refractivity contribution in [1.82, 2.24) is 0 Å². The van der Waals surface area contributed by atoms with Crippen molar-refractivity contribution in [3.63, 3.8) is 0 Å². The second-order valence-electron chi connectivity index (χ2n) is 16.6. The van der Waals surface area contributed by atoms with Crippen molar-refractivity contribution >= 4 is 92.9 Å². The highest BCUT2D eigenvalue weighted by atomic mass is 16.5. The van der Waals surface area contributed by atoms with E-state index in [0.717, 1.165) is 38.5 Å². The lowest BCUT2D eigenvalue weighted by Gasteiger charge is -2.45. The Labute approximate surface area is 269 Å². The maximum absolute atomic E-state index is 12.3. The van der Waals surface area contributed by atoms with E-state index in [-0.39, 0.29) is 11.4 Å². The third-order valence-electron chi connectivity index (χ3n) is 15.3. The van der Waals surface area contributed by atoms with E-state index in [1.165, 1.54) is 12.5 Å². The fourth-order valence-electron chi connectivity index (χ4n) is 14.4. The second-order valence-corrected chi connectivity index (χ2v) is 16.6. The summed E-state index contributed by atoms with van der Waals surface area (Å²) in [5.41, 5.74) is 22.8. The smallest absolute Gasteiger partial charge is 0.305 e. The zero-order chi connectivity index (χ0) is 29.7. The van der Waals surface area contributed by atoms with Gasteiger partial charge < -0.3 is 4.74 Å². The third kappa shape index (κ3) is 1.74. The summed E-state index contributed by atoms with van der Waals surface area (Å²) in [5.74, 6) is 1.22. The first kappa shape index (κ1) is 22.0. The molecule has 9 aliphatic rings. The van der Waals surface area contributed by atoms with Crippen molar-refractivity contribution < 1.29 is 9.53 Å². The van der Waals surface area contributed by atoms with Crippen molar-refractivity contribution in [2.75, 3.05) is 7.11 Å². The molecule has 0 aliphatic heterocycles. The molecule has 2 heteroatoms. The highest BCUT2D eigenvalue weighted by Gasteiger charge is 2.59. The van der Waals surface area contributed by atoms with Gasteiger partial charge in [-0.2, -0.15) is 0 Å². The summed E-state index contributed by atoms with van der Waals surface area (Å²) >= 11 is 0. The largest absolute Gasteiger partial charge is 0.469 e. The van der Waals surface area contributed by atoms with Gasteiger partial charge in [0.25, 0.3) is 0 Å². The van der Waals surface area contributed by atoms with Crippen molar-refractivity contribution in [2.24, 2.45) is 11.8 Å². The standard InChI is InChI=1S/C45H26O2/c1-47-24(46)4-2-3-5-45-23-13-21-11-17-9-19-7-15-6-16-8-20-10-18-12-22(14-23)32-28(18)36-30(20)34-26(16)25(15)33-29(19)35-27(17)31(21)43(45)41-39(35)37(33)38(34)40(36)42(41)44(32)45/h7-10,13-14,19,23,29H,2-6,11-12H2,1H3. The zero-order valence-corrected chi connectivity index (χ0v) is 26.0. The number of carbonyl (C=O) groups is 1. The van der Waals surface area contributed by atoms with Crippen LogP contribution in [0.3, 0.4) is 0 Å². The number of esters is 1. The highest BCUT2D eigenvalue weighted by molar-refractivity contribution is 6.53. The number of carbonyl (C=O) groups excluding carboxylic acids is 1. The van der Waals surface area contributed by atoms with Crippen molar-refractivity contribution in [3.05, 3.63) is 92.1 Å². The van der Waals surface area contributed by atoms with Gasteiger partial charge in [-0.25, -0.2) is 0 Å². The van der Waals surface area contributed by atoms with Gasteiger partial charge in [-0.15, -0.1) is 0 Å². The van der Waals surface area contributed by atoms with Crippen LogP contribution in [0.15, 0.2) is 36.4 Å². The zero-order valence-electron chi connectivity index (χ0n) is 26.0. The van der Waals surface area contributed by atoms with E-state index in [9.17, 15) is 4.79 Å². The van der Waals surface area contributed by atoms with Crippen molar-refractivity contribution in [3.8, 4) is 0 Å². The molecule has 7 aromatic rings. The SMILES string of the molecule is COC(=O)CCCCC12c3c4c5c6c7c3c3c1c1c8c9cc%10cc%11c%12c%13c(c7c7c%12c%10c8c37)C6C(C=C5CC4=CC2C=C1C9)C=C%13C%11. The molecule has 2 nitrogen and oxygen atoms in total. The third-order valence-corrected chi connectivity index (χ3v) is 15.3. The molecular weight excluding hydrogens is 572 g/mol. The van der Waals surface area contributed by atoms with Crippen LogP contribution in [0.4, 0.5) is 0 Å². The number of allylic oxidation sites excluding steroid dienone is 8. The molecule has 0 N–H and O–H groups in total. The molecule has 7 aromatic carbocycles. The van der Waals surface area contributed by atoms with Crippen LogP contribution in [-0.4, -0.2) is 13.1 Å². The van der Waals surface area contributed by atoms with Gasteiger partial charge in [-0.3, -0.25) is 4.79 Å². The molecule has 0 radical (unpaired) electrons. The molecule has 0 aromatic heterocycles. The van der Waals surface area contributed by atoms with Gasteiger partial charge in [-0.1, -0.05) is 42.9 Å². The van der Waals surface area contributed by atoms with Crippen LogP contribution in [-0.2, 0) is 27.8 Å². The van der Waals surface area contributed by atoms with Gasteiger partial charge in [0.2, 0.25) is 0 Å². The Kier molecular flexibility index (Phi) is 2.83. The molecule has 0 bridgehead atoms. The van der Waals surface area contributed by atoms with E-state index in [2.05, 4.69) is 36.4 Å². The van der Waals surface area contributed by atoms with Gasteiger partial charge >= 0.3 is 5.97 Å². The average molecular weight is 599 g/mol. The molecule has 47 heavy (non-hydrogen) atoms. The Morgan fingerprint density at radius 2 is 1.28 bits per heavy atom. The van der Waals surface area contributed by atoms with E-state index in [1.54, 1.807) is 137 Å². The summed E-state index contributed by atoms with van der Waals surface area (Å²) in [7, 11) is 1.53. The summed E-state index contributed by atoms with van der Waals surface area (Å²) in [6.07, 6.45) is 17.7. The first-order valence-corrected chi connectivity index (χ1v) is 18.0. The number of benzene rings is 6. The van der Waals surface area contributed by atoms with Crippen LogP contribution in [0, 0.1) is 11.8 Å². The van der Waals surface area contributed by atoms with Crippen LogP contribution < -0.4 is 0 Å². The van der Waals surface area contributed by atoms with Crippen LogP contribution in [0.2, 0.25) is 0 Å². The fourth-order valence-corrected chi connectivity index (χ4v) is 14.4. The van der Waals surface area contributed by atoms with E-state index in [4.69, 9.17) is 4.74 Å². The summed E-state index contributed by atoms with van der Waals surface area (Å²) in [6, 6.07) is 5.23. The van der Waals surface area contributed by atoms with Crippen molar-refractivity contribution in [2.45, 2.75) is 56.3 Å². The Balaban J connectivity index is 1.22. The minimum absolute atomic E-state index is 0.0552. The topological polar surface area (TPSA) is 26.3 Å². The first-order chi connectivity index (χ1) is 23.2. The maximum atomic E-state index is 12.3. The molecule has 218 valence electrons. The summed E-state index contributed by atoms with van der Waals surface area (Å²) in [4.78, 5) is 12.3. The predicted octanol–water partition coefficient (Wildman–Crippen LogP) is 10.0. The normalized spacial score (nSPS) is 27.4. The van der Waals surface area contributed by atoms with Crippen LogP contribution >= 0.6 is 0 Å². The number of unbranched alkanes of at least 4 members (excludes halogenated alkanes) is 1. The molecule has 0 amide bonds. The lowest BCUT2D eigenvalue weighted by atomic mass is 9.57. The Bertz CT molecular complexity index is 3100. The summed E-state index contributed by atoms with van der Waals surface area (Å²) < 4.78 is 5.09. The van der Waals surface area contributed by atoms with E-state index < -0.39 is 0 Å². The van der Waals surface area contributed by atoms with Gasteiger partial charge in [0.15, 0.2) is 0 Å². The average Bonchev–Trinajstić information content (AvgIpc) is 3.89. The second kappa shape index (κ2) is 6.05. The Morgan fingerprint density at radius 3 is 2.09 bits per heavy atom. The van der Waals surface area contributed by atoms with Gasteiger partial charge in [0.1, 0.15) is 0 Å². The molecule has 0 heterocycles. The van der Waals surface area contributed by atoms with E-state index in [1.807, 2.05) is 0 Å². The predicted molar refractivity (Wildman–Crippen MR) is 189 cm³/mol. The lowest BCUT2D eigenvalue weighted by Crippen LogP contribution is -2.39. The summed E-state index contributed by atoms with van der Waals surface area (Å²) in [6.45, 7) is 0. The van der Waals surface area contributed by atoms with E-state index in [0.29, 0.717) is 24.2 Å². The quantitative estimate of drug-likeness (QED) is 0.112. The number of hydrogen-bond acceptors (Lipinski definition) is 2. The molecule has 0 saturated heterocycles. The highest BCUT2D eigenvalue weighted by Crippen LogP contribution is 2.75. The molecule has 9 aliphatic carbocycles. The van der Waals surface area contributed by atoms with Crippen molar-refractivity contribution in [1.29, 1.82) is 0 Å². The van der Waals surface area contributed by atoms with E-state index >= 15 is 0 Å². The fraction of sp³-hybridized carbons (Fsp3) is 0.267. The van der Waals surface area contributed by atoms with Gasteiger partial charge in [0.05, 0.1) is 7.11 Å². The molecule has 4 unspecified atom stereocenters. The van der Waals surface area contributed by atoms with Gasteiger partial charge in [0, 0.05) is 29.6 Å². The monoisotopic (exact) mass is 598 g/mol.